The number of hydrogen-bond acceptors (Lipinski definition) is 3. The molecule has 0 aliphatic heterocycles. The molecule has 2 rings (SSSR count). The van der Waals surface area contributed by atoms with Crippen molar-refractivity contribution in [1.29, 1.82) is 0 Å². The van der Waals surface area contributed by atoms with Crippen molar-refractivity contribution in [3.05, 3.63) is 58.0 Å². The van der Waals surface area contributed by atoms with Crippen LogP contribution in [-0.2, 0) is 11.2 Å². The number of amides is 2. The molecule has 0 aliphatic rings. The smallest absolute Gasteiger partial charge is 0.255 e. The van der Waals surface area contributed by atoms with Crippen LogP contribution in [0.2, 0.25) is 5.02 Å². The number of benzene rings is 1. The van der Waals surface area contributed by atoms with Crippen molar-refractivity contribution < 1.29 is 14.0 Å². The number of hydrogen-bond donors (Lipinski definition) is 2. The van der Waals surface area contributed by atoms with E-state index in [1.165, 1.54) is 0 Å². The monoisotopic (exact) mass is 348 g/mol. The van der Waals surface area contributed by atoms with E-state index in [4.69, 9.17) is 16.0 Å². The third-order valence-corrected chi connectivity index (χ3v) is 3.77. The fourth-order valence-corrected chi connectivity index (χ4v) is 2.72. The van der Waals surface area contributed by atoms with Crippen molar-refractivity contribution in [2.75, 3.05) is 6.54 Å². The molecule has 0 spiro atoms. The molecule has 2 aromatic rings. The minimum Gasteiger partial charge on any atom is -0.466 e. The summed E-state index contributed by atoms with van der Waals surface area (Å²) in [6.45, 7) is 5.32. The van der Waals surface area contributed by atoms with Crippen LogP contribution in [0.1, 0.15) is 34.4 Å². The van der Waals surface area contributed by atoms with Crippen LogP contribution >= 0.6 is 11.6 Å². The summed E-state index contributed by atoms with van der Waals surface area (Å²) in [5, 5.41) is 6.12. The lowest BCUT2D eigenvalue weighted by molar-refractivity contribution is -0.120. The zero-order chi connectivity index (χ0) is 17.7. The maximum Gasteiger partial charge on any atom is 0.255 e. The van der Waals surface area contributed by atoms with E-state index in [-0.39, 0.29) is 24.4 Å². The third-order valence-electron chi connectivity index (χ3n) is 3.53. The summed E-state index contributed by atoms with van der Waals surface area (Å²) < 4.78 is 5.31. The van der Waals surface area contributed by atoms with E-state index in [2.05, 4.69) is 10.6 Å². The highest BCUT2D eigenvalue weighted by molar-refractivity contribution is 6.30. The summed E-state index contributed by atoms with van der Waals surface area (Å²) in [7, 11) is 0. The van der Waals surface area contributed by atoms with Gasteiger partial charge in [0.05, 0.1) is 12.1 Å². The van der Waals surface area contributed by atoms with E-state index in [0.717, 1.165) is 5.56 Å². The second-order valence-corrected chi connectivity index (χ2v) is 6.25. The van der Waals surface area contributed by atoms with Gasteiger partial charge in [0.25, 0.3) is 5.91 Å². The van der Waals surface area contributed by atoms with Gasteiger partial charge in [0.1, 0.15) is 11.5 Å². The summed E-state index contributed by atoms with van der Waals surface area (Å²) in [5.41, 5.74) is 1.50. The van der Waals surface area contributed by atoms with Crippen LogP contribution in [0.4, 0.5) is 0 Å². The number of carbonyl (C=O) groups is 2. The van der Waals surface area contributed by atoms with E-state index in [9.17, 15) is 9.59 Å². The van der Waals surface area contributed by atoms with Crippen LogP contribution in [0.5, 0.6) is 0 Å². The zero-order valence-electron chi connectivity index (χ0n) is 14.0. The number of carbonyl (C=O) groups excluding carboxylic acids is 2. The molecule has 0 saturated heterocycles. The first-order chi connectivity index (χ1) is 11.3. The van der Waals surface area contributed by atoms with E-state index in [1.807, 2.05) is 31.2 Å². The Balaban J connectivity index is 1.80. The highest BCUT2D eigenvalue weighted by atomic mass is 35.5. The second-order valence-electron chi connectivity index (χ2n) is 5.81. The molecule has 2 N–H and O–H groups in total. The Bertz CT molecular complexity index is 740. The minimum absolute atomic E-state index is 0.0641. The number of halogens is 1. The van der Waals surface area contributed by atoms with Gasteiger partial charge in [-0.25, -0.2) is 0 Å². The van der Waals surface area contributed by atoms with E-state index in [1.54, 1.807) is 19.9 Å². The Morgan fingerprint density at radius 3 is 2.62 bits per heavy atom. The average Bonchev–Trinajstić information content (AvgIpc) is 2.83. The Kier molecular flexibility index (Phi) is 6.04. The predicted molar refractivity (Wildman–Crippen MR) is 93.3 cm³/mol. The molecule has 0 radical (unpaired) electrons. The second kappa shape index (κ2) is 8.02. The fourth-order valence-electron chi connectivity index (χ4n) is 2.51. The van der Waals surface area contributed by atoms with Crippen molar-refractivity contribution in [1.82, 2.24) is 10.6 Å². The van der Waals surface area contributed by atoms with Crippen molar-refractivity contribution in [3.8, 4) is 0 Å². The molecule has 5 nitrogen and oxygen atoms in total. The quantitative estimate of drug-likeness (QED) is 0.842. The molecule has 6 heteroatoms. The predicted octanol–water partition coefficient (Wildman–Crippen LogP) is 3.03. The number of furan rings is 1. The lowest BCUT2D eigenvalue weighted by atomic mass is 10.1. The van der Waals surface area contributed by atoms with E-state index in [0.29, 0.717) is 28.5 Å². The van der Waals surface area contributed by atoms with Gasteiger partial charge < -0.3 is 15.1 Å². The molecular formula is C18H21ClN2O3. The highest BCUT2D eigenvalue weighted by Gasteiger charge is 2.15. The molecule has 0 aliphatic carbocycles. The molecule has 0 saturated carbocycles. The molecular weight excluding hydrogens is 328 g/mol. The molecule has 1 aromatic heterocycles. The third kappa shape index (κ3) is 5.13. The summed E-state index contributed by atoms with van der Waals surface area (Å²) in [6, 6.07) is 9.11. The maximum atomic E-state index is 12.0. The minimum atomic E-state index is -0.318. The summed E-state index contributed by atoms with van der Waals surface area (Å²) in [5.74, 6) is 0.648. The highest BCUT2D eigenvalue weighted by Crippen LogP contribution is 2.13. The van der Waals surface area contributed by atoms with Crippen molar-refractivity contribution in [2.45, 2.75) is 33.2 Å². The van der Waals surface area contributed by atoms with Crippen LogP contribution in [0.3, 0.4) is 0 Å². The molecule has 1 heterocycles. The van der Waals surface area contributed by atoms with Gasteiger partial charge in [0.2, 0.25) is 5.91 Å². The normalized spacial score (nSPS) is 11.8. The first-order valence-corrected chi connectivity index (χ1v) is 8.12. The van der Waals surface area contributed by atoms with Crippen LogP contribution in [0.15, 0.2) is 34.7 Å². The standard InChI is InChI=1S/C18H21ClN2O3/c1-11(7-14-5-4-6-15(19)9-14)21-17(22)10-20-18(23)16-8-12(2)24-13(16)3/h4-6,8-9,11H,7,10H2,1-3H3,(H,20,23)(H,21,22). The van der Waals surface area contributed by atoms with Crippen LogP contribution in [0.25, 0.3) is 0 Å². The molecule has 0 fully saturated rings. The van der Waals surface area contributed by atoms with E-state index >= 15 is 0 Å². The SMILES string of the molecule is Cc1cc(C(=O)NCC(=O)NC(C)Cc2cccc(Cl)c2)c(C)o1. The van der Waals surface area contributed by atoms with Crippen molar-refractivity contribution >= 4 is 23.4 Å². The molecule has 1 aromatic carbocycles. The van der Waals surface area contributed by atoms with Gasteiger partial charge in [-0.05, 0) is 51.0 Å². The molecule has 0 bridgehead atoms. The Hall–Kier alpha value is -2.27. The molecule has 2 amide bonds. The number of rotatable bonds is 6. The molecule has 128 valence electrons. The zero-order valence-corrected chi connectivity index (χ0v) is 14.7. The van der Waals surface area contributed by atoms with Crippen LogP contribution in [0, 0.1) is 13.8 Å². The van der Waals surface area contributed by atoms with Gasteiger partial charge in [-0.3, -0.25) is 9.59 Å². The molecule has 24 heavy (non-hydrogen) atoms. The summed E-state index contributed by atoms with van der Waals surface area (Å²) in [4.78, 5) is 24.0. The maximum absolute atomic E-state index is 12.0. The van der Waals surface area contributed by atoms with Gasteiger partial charge in [-0.2, -0.15) is 0 Å². The van der Waals surface area contributed by atoms with Gasteiger partial charge in [0, 0.05) is 11.1 Å². The Morgan fingerprint density at radius 1 is 1.25 bits per heavy atom. The van der Waals surface area contributed by atoms with E-state index < -0.39 is 0 Å². The lowest BCUT2D eigenvalue weighted by Crippen LogP contribution is -2.41. The van der Waals surface area contributed by atoms with Crippen LogP contribution in [-0.4, -0.2) is 24.4 Å². The Labute approximate surface area is 146 Å². The average molecular weight is 349 g/mol. The van der Waals surface area contributed by atoms with Crippen LogP contribution < -0.4 is 10.6 Å². The lowest BCUT2D eigenvalue weighted by Gasteiger charge is -2.14. The van der Waals surface area contributed by atoms with Crippen molar-refractivity contribution in [2.24, 2.45) is 0 Å². The van der Waals surface area contributed by atoms with Crippen molar-refractivity contribution in [3.63, 3.8) is 0 Å². The Morgan fingerprint density at radius 2 is 2.00 bits per heavy atom. The summed E-state index contributed by atoms with van der Waals surface area (Å²) in [6.07, 6.45) is 0.667. The first-order valence-electron chi connectivity index (χ1n) is 7.74. The van der Waals surface area contributed by atoms with Gasteiger partial charge in [-0.15, -0.1) is 0 Å². The first kappa shape index (κ1) is 18.1. The molecule has 1 unspecified atom stereocenters. The van der Waals surface area contributed by atoms with Gasteiger partial charge in [0.15, 0.2) is 0 Å². The largest absolute Gasteiger partial charge is 0.466 e. The number of aryl methyl sites for hydroxylation is 2. The number of nitrogens with one attached hydrogen (secondary N) is 2. The summed E-state index contributed by atoms with van der Waals surface area (Å²) >= 11 is 5.95. The topological polar surface area (TPSA) is 71.3 Å². The fraction of sp³-hybridized carbons (Fsp3) is 0.333. The van der Waals surface area contributed by atoms with Gasteiger partial charge >= 0.3 is 0 Å². The van der Waals surface area contributed by atoms with Gasteiger partial charge in [-0.1, -0.05) is 23.7 Å². The molecule has 1 atom stereocenters.